The van der Waals surface area contributed by atoms with Crippen LogP contribution in [0.5, 0.6) is 0 Å². The van der Waals surface area contributed by atoms with Gasteiger partial charge >= 0.3 is 6.18 Å². The summed E-state index contributed by atoms with van der Waals surface area (Å²) < 4.78 is 39.6. The van der Waals surface area contributed by atoms with E-state index in [9.17, 15) is 13.2 Å². The molecule has 0 N–H and O–H groups in total. The minimum atomic E-state index is -4.09. The normalized spacial score (nSPS) is 14.6. The van der Waals surface area contributed by atoms with Crippen LogP contribution in [0.3, 0.4) is 0 Å². The highest BCUT2D eigenvalue weighted by Gasteiger charge is 2.51. The first kappa shape index (κ1) is 19.8. The molecule has 0 aromatic rings. The van der Waals surface area contributed by atoms with Crippen LogP contribution in [0.4, 0.5) is 13.2 Å². The minimum Gasteiger partial charge on any atom is -0.171 e. The molecular formula is C17H33F3. The smallest absolute Gasteiger partial charge is 0.171 e. The van der Waals surface area contributed by atoms with Crippen molar-refractivity contribution >= 4 is 0 Å². The van der Waals surface area contributed by atoms with Crippen LogP contribution in [0.15, 0.2) is 0 Å². The van der Waals surface area contributed by atoms with E-state index in [1.165, 1.54) is 39.5 Å². The molecule has 1 atom stereocenters. The first-order valence-electron chi connectivity index (χ1n) is 8.34. The quantitative estimate of drug-likeness (QED) is 0.355. The zero-order valence-corrected chi connectivity index (χ0v) is 13.8. The standard InChI is InChI=1S/C17H33F3/c1-5-7-9-10-11-12-14-15(13-8-6-2)16(3,4)17(18,19)20/h15H,5-14H2,1-4H3. The van der Waals surface area contributed by atoms with Gasteiger partial charge in [0, 0.05) is 0 Å². The van der Waals surface area contributed by atoms with Gasteiger partial charge in [-0.1, -0.05) is 79.1 Å². The van der Waals surface area contributed by atoms with Crippen LogP contribution in [0.1, 0.15) is 91.9 Å². The van der Waals surface area contributed by atoms with Gasteiger partial charge in [-0.25, -0.2) is 0 Å². The Morgan fingerprint density at radius 3 is 1.65 bits per heavy atom. The molecule has 0 aliphatic rings. The lowest BCUT2D eigenvalue weighted by Crippen LogP contribution is -2.39. The second kappa shape index (κ2) is 9.68. The second-order valence-corrected chi connectivity index (χ2v) is 6.62. The number of rotatable bonds is 11. The molecule has 0 aromatic heterocycles. The SMILES string of the molecule is CCCCCCCCC(CCCC)C(C)(C)C(F)(F)F. The Labute approximate surface area is 123 Å². The Morgan fingerprint density at radius 2 is 1.15 bits per heavy atom. The highest BCUT2D eigenvalue weighted by atomic mass is 19.4. The third-order valence-corrected chi connectivity index (χ3v) is 4.56. The van der Waals surface area contributed by atoms with Crippen LogP contribution in [-0.4, -0.2) is 6.18 Å². The molecule has 0 radical (unpaired) electrons. The fourth-order valence-corrected chi connectivity index (χ4v) is 2.72. The summed E-state index contributed by atoms with van der Waals surface area (Å²) in [6.07, 6.45) is 6.08. The summed E-state index contributed by atoms with van der Waals surface area (Å²) in [5.41, 5.74) is -1.55. The highest BCUT2D eigenvalue weighted by molar-refractivity contribution is 4.85. The zero-order chi connectivity index (χ0) is 15.6. The van der Waals surface area contributed by atoms with Crippen molar-refractivity contribution in [3.63, 3.8) is 0 Å². The lowest BCUT2D eigenvalue weighted by atomic mass is 9.73. The van der Waals surface area contributed by atoms with Gasteiger partial charge in [-0.3, -0.25) is 0 Å². The minimum absolute atomic E-state index is 0.228. The number of alkyl halides is 3. The van der Waals surface area contributed by atoms with Crippen LogP contribution < -0.4 is 0 Å². The lowest BCUT2D eigenvalue weighted by Gasteiger charge is -2.36. The Morgan fingerprint density at radius 1 is 0.700 bits per heavy atom. The molecule has 3 heteroatoms. The Balaban J connectivity index is 4.28. The summed E-state index contributed by atoms with van der Waals surface area (Å²) in [7, 11) is 0. The summed E-state index contributed by atoms with van der Waals surface area (Å²) in [6.45, 7) is 6.98. The van der Waals surface area contributed by atoms with E-state index in [4.69, 9.17) is 0 Å². The van der Waals surface area contributed by atoms with Gasteiger partial charge in [0.25, 0.3) is 0 Å². The Bertz CT molecular complexity index is 231. The lowest BCUT2D eigenvalue weighted by molar-refractivity contribution is -0.231. The van der Waals surface area contributed by atoms with Crippen molar-refractivity contribution in [3.8, 4) is 0 Å². The van der Waals surface area contributed by atoms with Crippen molar-refractivity contribution < 1.29 is 13.2 Å². The van der Waals surface area contributed by atoms with Crippen LogP contribution >= 0.6 is 0 Å². The van der Waals surface area contributed by atoms with Gasteiger partial charge in [0.05, 0.1) is 5.41 Å². The summed E-state index contributed by atoms with van der Waals surface area (Å²) in [4.78, 5) is 0. The molecule has 0 spiro atoms. The molecular weight excluding hydrogens is 261 g/mol. The van der Waals surface area contributed by atoms with Crippen LogP contribution in [0, 0.1) is 11.3 Å². The first-order valence-corrected chi connectivity index (χ1v) is 8.34. The van der Waals surface area contributed by atoms with Gasteiger partial charge in [-0.05, 0) is 18.8 Å². The largest absolute Gasteiger partial charge is 0.394 e. The number of unbranched alkanes of at least 4 members (excludes halogenated alkanes) is 6. The molecule has 0 nitrogen and oxygen atoms in total. The second-order valence-electron chi connectivity index (χ2n) is 6.62. The van der Waals surface area contributed by atoms with Crippen molar-refractivity contribution in [1.82, 2.24) is 0 Å². The van der Waals surface area contributed by atoms with E-state index in [1.807, 2.05) is 6.92 Å². The van der Waals surface area contributed by atoms with Crippen LogP contribution in [0.25, 0.3) is 0 Å². The molecule has 20 heavy (non-hydrogen) atoms. The van der Waals surface area contributed by atoms with E-state index >= 15 is 0 Å². The van der Waals surface area contributed by atoms with Gasteiger partial charge in [0.1, 0.15) is 0 Å². The van der Waals surface area contributed by atoms with Gasteiger partial charge in [0.2, 0.25) is 0 Å². The number of hydrogen-bond acceptors (Lipinski definition) is 0. The Kier molecular flexibility index (Phi) is 9.58. The van der Waals surface area contributed by atoms with Crippen molar-refractivity contribution in [2.45, 2.75) is 98.1 Å². The maximum Gasteiger partial charge on any atom is 0.394 e. The average Bonchev–Trinajstić information content (AvgIpc) is 2.35. The van der Waals surface area contributed by atoms with Crippen molar-refractivity contribution in [1.29, 1.82) is 0 Å². The molecule has 0 amide bonds. The molecule has 0 rings (SSSR count). The van der Waals surface area contributed by atoms with Gasteiger partial charge in [-0.15, -0.1) is 0 Å². The highest BCUT2D eigenvalue weighted by Crippen LogP contribution is 2.47. The predicted molar refractivity (Wildman–Crippen MR) is 80.8 cm³/mol. The van der Waals surface area contributed by atoms with E-state index in [2.05, 4.69) is 6.92 Å². The molecule has 122 valence electrons. The van der Waals surface area contributed by atoms with Crippen molar-refractivity contribution in [2.24, 2.45) is 11.3 Å². The van der Waals surface area contributed by atoms with E-state index in [0.717, 1.165) is 32.1 Å². The summed E-state index contributed by atoms with van der Waals surface area (Å²) in [5, 5.41) is 0. The maximum absolute atomic E-state index is 13.2. The van der Waals surface area contributed by atoms with Crippen LogP contribution in [-0.2, 0) is 0 Å². The van der Waals surface area contributed by atoms with Gasteiger partial charge in [0.15, 0.2) is 0 Å². The molecule has 1 unspecified atom stereocenters. The Hall–Kier alpha value is -0.210. The molecule has 0 saturated carbocycles. The maximum atomic E-state index is 13.2. The van der Waals surface area contributed by atoms with Crippen molar-refractivity contribution in [3.05, 3.63) is 0 Å². The van der Waals surface area contributed by atoms with Gasteiger partial charge in [-0.2, -0.15) is 13.2 Å². The topological polar surface area (TPSA) is 0 Å². The molecule has 0 aromatic carbocycles. The summed E-state index contributed by atoms with van der Waals surface area (Å²) in [6, 6.07) is 0. The number of hydrogen-bond donors (Lipinski definition) is 0. The fraction of sp³-hybridized carbons (Fsp3) is 1.00. The molecule has 0 saturated heterocycles. The molecule has 0 bridgehead atoms. The summed E-state index contributed by atoms with van der Waals surface area (Å²) in [5.74, 6) is -0.228. The van der Waals surface area contributed by atoms with E-state index < -0.39 is 11.6 Å². The summed E-state index contributed by atoms with van der Waals surface area (Å²) >= 11 is 0. The average molecular weight is 294 g/mol. The fourth-order valence-electron chi connectivity index (χ4n) is 2.72. The van der Waals surface area contributed by atoms with Gasteiger partial charge < -0.3 is 0 Å². The third-order valence-electron chi connectivity index (χ3n) is 4.56. The molecule has 0 heterocycles. The number of halogens is 3. The van der Waals surface area contributed by atoms with Crippen LogP contribution in [0.2, 0.25) is 0 Å². The predicted octanol–water partition coefficient (Wildman–Crippen LogP) is 7.13. The van der Waals surface area contributed by atoms with E-state index in [-0.39, 0.29) is 5.92 Å². The molecule has 0 aliphatic heterocycles. The van der Waals surface area contributed by atoms with Crippen molar-refractivity contribution in [2.75, 3.05) is 0 Å². The molecule has 0 aliphatic carbocycles. The molecule has 0 fully saturated rings. The monoisotopic (exact) mass is 294 g/mol. The third kappa shape index (κ3) is 6.99. The zero-order valence-electron chi connectivity index (χ0n) is 13.8. The van der Waals surface area contributed by atoms with E-state index in [1.54, 1.807) is 0 Å². The van der Waals surface area contributed by atoms with E-state index in [0.29, 0.717) is 6.42 Å². The first-order chi connectivity index (χ1) is 9.27.